The molecule has 0 radical (unpaired) electrons. The molecule has 1 aromatic carbocycles. The number of nitrogens with one attached hydrogen (secondary N) is 1. The summed E-state index contributed by atoms with van der Waals surface area (Å²) in [5.41, 5.74) is 1.52. The Kier molecular flexibility index (Phi) is 11.0. The number of amides is 1. The van der Waals surface area contributed by atoms with Gasteiger partial charge in [-0.15, -0.1) is 0 Å². The number of ether oxygens (including phenoxy) is 1. The summed E-state index contributed by atoms with van der Waals surface area (Å²) < 4.78 is 19.8. The van der Waals surface area contributed by atoms with E-state index in [1.807, 2.05) is 50.2 Å². The number of halogens is 1. The lowest BCUT2D eigenvalue weighted by Gasteiger charge is -2.08. The first-order valence-electron chi connectivity index (χ1n) is 11.6. The van der Waals surface area contributed by atoms with Crippen LogP contribution in [0.15, 0.2) is 47.8 Å². The predicted molar refractivity (Wildman–Crippen MR) is 126 cm³/mol. The molecule has 4 nitrogen and oxygen atoms in total. The maximum Gasteiger partial charge on any atom is 0.279 e. The molecule has 0 atom stereocenters. The minimum atomic E-state index is -0.610. The van der Waals surface area contributed by atoms with Crippen LogP contribution in [0.2, 0.25) is 0 Å². The largest absolute Gasteiger partial charge is 0.478 e. The van der Waals surface area contributed by atoms with Crippen LogP contribution < -0.4 is 10.1 Å². The summed E-state index contributed by atoms with van der Waals surface area (Å²) >= 11 is 0. The van der Waals surface area contributed by atoms with Gasteiger partial charge in [0.2, 0.25) is 5.88 Å². The van der Waals surface area contributed by atoms with Gasteiger partial charge < -0.3 is 10.1 Å². The SMILES string of the molecule is CC(CCCCCCCCCOc1ccc2ccccc2n1)=C(F)C(=O)NCC(C)C. The minimum absolute atomic E-state index is 0.318. The molecule has 2 rings (SSSR count). The number of para-hydroxylation sites is 1. The number of nitrogens with zero attached hydrogens (tertiary/aromatic N) is 1. The van der Waals surface area contributed by atoms with Crippen molar-refractivity contribution in [2.75, 3.05) is 13.2 Å². The highest BCUT2D eigenvalue weighted by molar-refractivity contribution is 5.91. The molecular weight excluding hydrogens is 391 g/mol. The van der Waals surface area contributed by atoms with E-state index in [9.17, 15) is 9.18 Å². The number of benzene rings is 1. The maximum atomic E-state index is 14.0. The molecule has 31 heavy (non-hydrogen) atoms. The maximum absolute atomic E-state index is 14.0. The normalized spacial score (nSPS) is 12.2. The molecule has 1 amide bonds. The number of carbonyl (C=O) groups is 1. The zero-order valence-electron chi connectivity index (χ0n) is 19.3. The summed E-state index contributed by atoms with van der Waals surface area (Å²) in [5.74, 6) is -0.180. The van der Waals surface area contributed by atoms with Gasteiger partial charge in [-0.3, -0.25) is 4.79 Å². The Morgan fingerprint density at radius 2 is 1.68 bits per heavy atom. The van der Waals surface area contributed by atoms with Crippen LogP contribution in [0.3, 0.4) is 0 Å². The van der Waals surface area contributed by atoms with E-state index < -0.39 is 11.7 Å². The number of aromatic nitrogens is 1. The van der Waals surface area contributed by atoms with E-state index in [1.54, 1.807) is 6.92 Å². The minimum Gasteiger partial charge on any atom is -0.478 e. The average molecular weight is 429 g/mol. The van der Waals surface area contributed by atoms with Crippen molar-refractivity contribution in [1.82, 2.24) is 10.3 Å². The van der Waals surface area contributed by atoms with Crippen LogP contribution in [-0.4, -0.2) is 24.0 Å². The van der Waals surface area contributed by atoms with Crippen molar-refractivity contribution in [2.45, 2.75) is 72.1 Å². The molecule has 2 aromatic rings. The summed E-state index contributed by atoms with van der Waals surface area (Å²) in [6.07, 6.45) is 8.28. The Hall–Kier alpha value is -2.43. The Balaban J connectivity index is 1.49. The van der Waals surface area contributed by atoms with E-state index in [-0.39, 0.29) is 0 Å². The molecule has 0 fully saturated rings. The molecule has 0 unspecified atom stereocenters. The first kappa shape index (κ1) is 24.8. The van der Waals surface area contributed by atoms with Crippen LogP contribution in [0.25, 0.3) is 10.9 Å². The number of fused-ring (bicyclic) bond motifs is 1. The Morgan fingerprint density at radius 1 is 1.00 bits per heavy atom. The lowest BCUT2D eigenvalue weighted by Crippen LogP contribution is -2.28. The summed E-state index contributed by atoms with van der Waals surface area (Å²) in [6, 6.07) is 12.0. The van der Waals surface area contributed by atoms with E-state index in [4.69, 9.17) is 4.74 Å². The molecule has 170 valence electrons. The summed E-state index contributed by atoms with van der Waals surface area (Å²) in [6.45, 7) is 6.89. The second kappa shape index (κ2) is 13.8. The highest BCUT2D eigenvalue weighted by atomic mass is 19.1. The monoisotopic (exact) mass is 428 g/mol. The van der Waals surface area contributed by atoms with E-state index in [0.29, 0.717) is 36.9 Å². The highest BCUT2D eigenvalue weighted by Crippen LogP contribution is 2.18. The van der Waals surface area contributed by atoms with Crippen LogP contribution >= 0.6 is 0 Å². The van der Waals surface area contributed by atoms with E-state index in [2.05, 4.69) is 10.3 Å². The lowest BCUT2D eigenvalue weighted by molar-refractivity contribution is -0.119. The highest BCUT2D eigenvalue weighted by Gasteiger charge is 2.12. The van der Waals surface area contributed by atoms with Crippen molar-refractivity contribution in [3.63, 3.8) is 0 Å². The van der Waals surface area contributed by atoms with Crippen molar-refractivity contribution in [1.29, 1.82) is 0 Å². The van der Waals surface area contributed by atoms with Crippen LogP contribution in [0.5, 0.6) is 5.88 Å². The van der Waals surface area contributed by atoms with Gasteiger partial charge in [-0.05, 0) is 49.8 Å². The zero-order chi connectivity index (χ0) is 22.5. The first-order valence-corrected chi connectivity index (χ1v) is 11.6. The molecule has 0 aliphatic heterocycles. The number of unbranched alkanes of at least 4 members (excludes halogenated alkanes) is 6. The van der Waals surface area contributed by atoms with Gasteiger partial charge >= 0.3 is 0 Å². The van der Waals surface area contributed by atoms with Crippen molar-refractivity contribution in [3.8, 4) is 5.88 Å². The van der Waals surface area contributed by atoms with Gasteiger partial charge in [0.15, 0.2) is 5.83 Å². The van der Waals surface area contributed by atoms with E-state index >= 15 is 0 Å². The predicted octanol–water partition coefficient (Wildman–Crippen LogP) is 6.75. The summed E-state index contributed by atoms with van der Waals surface area (Å²) in [7, 11) is 0. The number of carbonyl (C=O) groups excluding carboxylic acids is 1. The van der Waals surface area contributed by atoms with Crippen LogP contribution in [0.1, 0.15) is 72.1 Å². The molecule has 0 saturated heterocycles. The van der Waals surface area contributed by atoms with Gasteiger partial charge in [-0.1, -0.05) is 64.2 Å². The fourth-order valence-electron chi connectivity index (χ4n) is 3.36. The Morgan fingerprint density at radius 3 is 2.42 bits per heavy atom. The van der Waals surface area contributed by atoms with Gasteiger partial charge in [-0.25, -0.2) is 9.37 Å². The third kappa shape index (κ3) is 9.50. The van der Waals surface area contributed by atoms with Gasteiger partial charge in [0, 0.05) is 18.0 Å². The van der Waals surface area contributed by atoms with Crippen molar-refractivity contribution in [2.24, 2.45) is 5.92 Å². The number of rotatable bonds is 14. The van der Waals surface area contributed by atoms with Gasteiger partial charge in [0.25, 0.3) is 5.91 Å². The van der Waals surface area contributed by atoms with Crippen molar-refractivity contribution >= 4 is 16.8 Å². The fourth-order valence-corrected chi connectivity index (χ4v) is 3.36. The molecule has 0 bridgehead atoms. The second-order valence-corrected chi connectivity index (χ2v) is 8.61. The number of hydrogen-bond donors (Lipinski definition) is 1. The van der Waals surface area contributed by atoms with E-state index in [0.717, 1.165) is 43.0 Å². The molecule has 1 N–H and O–H groups in total. The molecule has 0 aliphatic rings. The van der Waals surface area contributed by atoms with Gasteiger partial charge in [0.05, 0.1) is 12.1 Å². The molecule has 1 aromatic heterocycles. The smallest absolute Gasteiger partial charge is 0.279 e. The van der Waals surface area contributed by atoms with Gasteiger partial charge in [0.1, 0.15) is 0 Å². The van der Waals surface area contributed by atoms with Crippen molar-refractivity contribution < 1.29 is 13.9 Å². The lowest BCUT2D eigenvalue weighted by atomic mass is 10.0. The zero-order valence-corrected chi connectivity index (χ0v) is 19.3. The molecule has 0 saturated carbocycles. The topological polar surface area (TPSA) is 51.2 Å². The van der Waals surface area contributed by atoms with E-state index in [1.165, 1.54) is 12.8 Å². The molecule has 0 spiro atoms. The second-order valence-electron chi connectivity index (χ2n) is 8.61. The summed E-state index contributed by atoms with van der Waals surface area (Å²) in [4.78, 5) is 16.3. The number of hydrogen-bond acceptors (Lipinski definition) is 3. The van der Waals surface area contributed by atoms with Gasteiger partial charge in [-0.2, -0.15) is 0 Å². The quantitative estimate of drug-likeness (QED) is 0.267. The molecule has 0 aliphatic carbocycles. The third-order valence-electron chi connectivity index (χ3n) is 5.26. The number of allylic oxidation sites excluding steroid dienone is 1. The van der Waals surface area contributed by atoms with Crippen LogP contribution in [-0.2, 0) is 4.79 Å². The van der Waals surface area contributed by atoms with Crippen LogP contribution in [0.4, 0.5) is 4.39 Å². The first-order chi connectivity index (χ1) is 15.0. The Labute approximate surface area is 186 Å². The molecule has 5 heteroatoms. The summed E-state index contributed by atoms with van der Waals surface area (Å²) in [5, 5.41) is 3.75. The Bertz CT molecular complexity index is 848. The third-order valence-corrected chi connectivity index (χ3v) is 5.26. The molecule has 1 heterocycles. The van der Waals surface area contributed by atoms with Crippen LogP contribution in [0, 0.1) is 5.92 Å². The number of pyridine rings is 1. The fraction of sp³-hybridized carbons (Fsp3) is 0.538. The molecular formula is C26H37FN2O2. The standard InChI is InChI=1S/C26H37FN2O2/c1-20(2)19-28-26(30)25(27)21(3)13-9-7-5-4-6-8-12-18-31-24-17-16-22-14-10-11-15-23(22)29-24/h10-11,14-17,20H,4-9,12-13,18-19H2,1-3H3,(H,28,30). The average Bonchev–Trinajstić information content (AvgIpc) is 2.77. The van der Waals surface area contributed by atoms with Crippen molar-refractivity contribution in [3.05, 3.63) is 47.8 Å².